The van der Waals surface area contributed by atoms with Crippen LogP contribution in [0.3, 0.4) is 0 Å². The third kappa shape index (κ3) is 5.66. The lowest BCUT2D eigenvalue weighted by Crippen LogP contribution is -2.35. The number of unbranched alkanes of at least 4 members (excludes halogenated alkanes) is 2. The molecule has 0 spiro atoms. The number of carbonyl (C=O) groups is 3. The normalized spacial score (nSPS) is 14.2. The Bertz CT molecular complexity index is 443. The van der Waals surface area contributed by atoms with Crippen molar-refractivity contribution in [2.24, 2.45) is 0 Å². The summed E-state index contributed by atoms with van der Waals surface area (Å²) in [5, 5.41) is 13.5. The van der Waals surface area contributed by atoms with Gasteiger partial charge in [0, 0.05) is 31.0 Å². The van der Waals surface area contributed by atoms with Gasteiger partial charge < -0.3 is 10.6 Å². The molecule has 0 bridgehead atoms. The lowest BCUT2D eigenvalue weighted by Gasteiger charge is -2.16. The summed E-state index contributed by atoms with van der Waals surface area (Å²) in [4.78, 5) is 34.0. The smallest absolute Gasteiger partial charge is 0.254 e. The van der Waals surface area contributed by atoms with Gasteiger partial charge in [-0.05, 0) is 12.8 Å². The Labute approximate surface area is 117 Å². The lowest BCUT2D eigenvalue weighted by molar-refractivity contribution is -0.129. The van der Waals surface area contributed by atoms with Crippen molar-refractivity contribution in [3.8, 4) is 0 Å². The fourth-order valence-electron chi connectivity index (χ4n) is 1.77. The Kier molecular flexibility index (Phi) is 6.45. The van der Waals surface area contributed by atoms with Crippen molar-refractivity contribution in [2.45, 2.75) is 38.5 Å². The van der Waals surface area contributed by atoms with E-state index in [9.17, 15) is 14.4 Å². The summed E-state index contributed by atoms with van der Waals surface area (Å²) < 4.78 is 0. The van der Waals surface area contributed by atoms with E-state index in [1.165, 1.54) is 6.20 Å². The molecule has 1 aliphatic rings. The number of rotatable bonds is 8. The zero-order valence-electron chi connectivity index (χ0n) is 11.2. The topological polar surface area (TPSA) is 108 Å². The van der Waals surface area contributed by atoms with Gasteiger partial charge in [0.1, 0.15) is 11.6 Å². The van der Waals surface area contributed by atoms with E-state index in [1.54, 1.807) is 5.48 Å². The second-order valence-electron chi connectivity index (χ2n) is 4.56. The zero-order chi connectivity index (χ0) is 15.0. The molecular formula is C13H19N3O4. The summed E-state index contributed by atoms with van der Waals surface area (Å²) in [5.74, 6) is -0.353. The highest BCUT2D eigenvalue weighted by Gasteiger charge is 2.17. The molecule has 0 saturated carbocycles. The first kappa shape index (κ1) is 15.9. The minimum atomic E-state index is -0.424. The summed E-state index contributed by atoms with van der Waals surface area (Å²) in [5.41, 5.74) is 1.95. The predicted molar refractivity (Wildman–Crippen MR) is 71.1 cm³/mol. The quantitative estimate of drug-likeness (QED) is 0.294. The van der Waals surface area contributed by atoms with E-state index in [0.717, 1.165) is 6.42 Å². The molecule has 1 aliphatic heterocycles. The fourth-order valence-corrected chi connectivity index (χ4v) is 1.77. The van der Waals surface area contributed by atoms with Crippen molar-refractivity contribution in [1.82, 2.24) is 16.1 Å². The molecule has 4 N–H and O–H groups in total. The average molecular weight is 281 g/mol. The number of carbonyl (C=O) groups excluding carboxylic acids is 3. The Morgan fingerprint density at radius 1 is 1.25 bits per heavy atom. The molecule has 110 valence electrons. The van der Waals surface area contributed by atoms with Crippen LogP contribution in [0.1, 0.15) is 38.5 Å². The van der Waals surface area contributed by atoms with Gasteiger partial charge in [0.15, 0.2) is 0 Å². The number of hydroxylamine groups is 1. The van der Waals surface area contributed by atoms with Crippen LogP contribution in [0, 0.1) is 0 Å². The van der Waals surface area contributed by atoms with Gasteiger partial charge in [0.05, 0.1) is 0 Å². The number of Topliss-reactive ketones (excluding diaryl/α,β-unsaturated/α-hetero) is 1. The highest BCUT2D eigenvalue weighted by Crippen LogP contribution is 2.11. The number of hydrogen-bond acceptors (Lipinski definition) is 5. The highest BCUT2D eigenvalue weighted by atomic mass is 16.5. The van der Waals surface area contributed by atoms with Crippen molar-refractivity contribution in [1.29, 1.82) is 0 Å². The molecule has 20 heavy (non-hydrogen) atoms. The van der Waals surface area contributed by atoms with Gasteiger partial charge in [-0.2, -0.15) is 0 Å². The average Bonchev–Trinajstić information content (AvgIpc) is 2.41. The minimum Gasteiger partial charge on any atom is -0.348 e. The minimum absolute atomic E-state index is 0.0210. The molecule has 0 atom stereocenters. The molecule has 0 fully saturated rings. The summed E-state index contributed by atoms with van der Waals surface area (Å²) in [6.07, 6.45) is 4.18. The van der Waals surface area contributed by atoms with E-state index in [-0.39, 0.29) is 24.5 Å². The van der Waals surface area contributed by atoms with E-state index in [1.807, 2.05) is 0 Å². The third-order valence-electron chi connectivity index (χ3n) is 2.85. The Hall–Kier alpha value is -2.15. The maximum atomic E-state index is 11.7. The molecule has 0 aromatic rings. The molecule has 0 aromatic carbocycles. The summed E-state index contributed by atoms with van der Waals surface area (Å²) >= 11 is 0. The molecule has 1 heterocycles. The second-order valence-corrected chi connectivity index (χ2v) is 4.56. The van der Waals surface area contributed by atoms with Crippen LogP contribution in [0.5, 0.6) is 0 Å². The maximum Gasteiger partial charge on any atom is 0.254 e. The predicted octanol–water partition coefficient (Wildman–Crippen LogP) is 0.476. The van der Waals surface area contributed by atoms with Gasteiger partial charge in [0.2, 0.25) is 5.91 Å². The molecule has 0 saturated heterocycles. The summed E-state index contributed by atoms with van der Waals surface area (Å²) in [7, 11) is 0. The number of amides is 2. The Balaban J connectivity index is 2.19. The van der Waals surface area contributed by atoms with Gasteiger partial charge >= 0.3 is 0 Å². The van der Waals surface area contributed by atoms with E-state index in [0.29, 0.717) is 30.7 Å². The van der Waals surface area contributed by atoms with Crippen LogP contribution in [-0.2, 0) is 14.4 Å². The van der Waals surface area contributed by atoms with Gasteiger partial charge in [-0.1, -0.05) is 13.0 Å². The molecule has 0 aliphatic carbocycles. The molecule has 1 rings (SSSR count). The Morgan fingerprint density at radius 3 is 2.60 bits per heavy atom. The SMILES string of the molecule is C=C1NC=C(CC(=O)CCCCCC(=O)NO)C(=O)N1. The first-order valence-corrected chi connectivity index (χ1v) is 6.43. The van der Waals surface area contributed by atoms with E-state index >= 15 is 0 Å². The molecule has 0 aromatic heterocycles. The molecule has 7 heteroatoms. The standard InChI is InChI=1S/C13H19N3O4/c1-9-14-8-10(13(19)15-9)7-11(17)5-3-2-4-6-12(18)16-20/h8,14,20H,1-7H2,(H,15,19)(H,16,18). The third-order valence-corrected chi connectivity index (χ3v) is 2.85. The number of nitrogens with one attached hydrogen (secondary N) is 3. The molecule has 0 unspecified atom stereocenters. The van der Waals surface area contributed by atoms with Crippen molar-refractivity contribution in [3.05, 3.63) is 24.2 Å². The van der Waals surface area contributed by atoms with Crippen LogP contribution in [0.15, 0.2) is 24.2 Å². The van der Waals surface area contributed by atoms with Crippen molar-refractivity contribution < 1.29 is 19.6 Å². The Morgan fingerprint density at radius 2 is 1.95 bits per heavy atom. The van der Waals surface area contributed by atoms with Crippen LogP contribution in [0.4, 0.5) is 0 Å². The highest BCUT2D eigenvalue weighted by molar-refractivity contribution is 6.00. The van der Waals surface area contributed by atoms with Crippen molar-refractivity contribution in [3.63, 3.8) is 0 Å². The molecule has 0 radical (unpaired) electrons. The molecule has 2 amide bonds. The summed E-state index contributed by atoms with van der Waals surface area (Å²) in [6, 6.07) is 0. The van der Waals surface area contributed by atoms with Crippen LogP contribution < -0.4 is 16.1 Å². The van der Waals surface area contributed by atoms with Crippen molar-refractivity contribution in [2.75, 3.05) is 0 Å². The first-order valence-electron chi connectivity index (χ1n) is 6.43. The molecule has 7 nitrogen and oxygen atoms in total. The van der Waals surface area contributed by atoms with E-state index in [2.05, 4.69) is 17.2 Å². The van der Waals surface area contributed by atoms with Crippen LogP contribution >= 0.6 is 0 Å². The largest absolute Gasteiger partial charge is 0.348 e. The summed E-state index contributed by atoms with van der Waals surface area (Å²) in [6.45, 7) is 3.55. The van der Waals surface area contributed by atoms with Crippen molar-refractivity contribution >= 4 is 17.6 Å². The van der Waals surface area contributed by atoms with Gasteiger partial charge in [-0.15, -0.1) is 0 Å². The monoisotopic (exact) mass is 281 g/mol. The van der Waals surface area contributed by atoms with Crippen LogP contribution in [-0.4, -0.2) is 22.8 Å². The van der Waals surface area contributed by atoms with Crippen LogP contribution in [0.2, 0.25) is 0 Å². The van der Waals surface area contributed by atoms with Gasteiger partial charge in [-0.25, -0.2) is 5.48 Å². The lowest BCUT2D eigenvalue weighted by atomic mass is 10.0. The number of ketones is 1. The van der Waals surface area contributed by atoms with Gasteiger partial charge in [0.25, 0.3) is 5.91 Å². The maximum absolute atomic E-state index is 11.7. The van der Waals surface area contributed by atoms with E-state index < -0.39 is 5.91 Å². The molecular weight excluding hydrogens is 262 g/mol. The van der Waals surface area contributed by atoms with E-state index in [4.69, 9.17) is 5.21 Å². The second kappa shape index (κ2) is 8.11. The van der Waals surface area contributed by atoms with Gasteiger partial charge in [-0.3, -0.25) is 19.6 Å². The first-order chi connectivity index (χ1) is 9.52. The van der Waals surface area contributed by atoms with Crippen LogP contribution in [0.25, 0.3) is 0 Å². The number of hydrogen-bond donors (Lipinski definition) is 4. The fraction of sp³-hybridized carbons (Fsp3) is 0.462. The zero-order valence-corrected chi connectivity index (χ0v) is 11.2.